The highest BCUT2D eigenvalue weighted by atomic mass is 16.1. The molecule has 0 aliphatic heterocycles. The van der Waals surface area contributed by atoms with Gasteiger partial charge in [-0.25, -0.2) is 4.52 Å². The zero-order chi connectivity index (χ0) is 21.7. The second-order valence-corrected chi connectivity index (χ2v) is 9.09. The Morgan fingerprint density at radius 2 is 2.07 bits per heavy atom. The van der Waals surface area contributed by atoms with Crippen molar-refractivity contribution in [1.29, 1.82) is 0 Å². The molecule has 1 fully saturated rings. The van der Waals surface area contributed by atoms with Crippen molar-refractivity contribution in [2.45, 2.75) is 52.1 Å². The number of hydrogen-bond acceptors (Lipinski definition) is 5. The molecule has 1 amide bonds. The number of nitrogens with zero attached hydrogens (tertiary/aromatic N) is 3. The average molecular weight is 407 g/mol. The van der Waals surface area contributed by atoms with Crippen LogP contribution in [0.2, 0.25) is 0 Å². The van der Waals surface area contributed by atoms with Crippen molar-refractivity contribution in [3.8, 4) is 11.1 Å². The van der Waals surface area contributed by atoms with Crippen molar-refractivity contribution in [2.75, 3.05) is 12.4 Å². The largest absolute Gasteiger partial charge is 0.379 e. The first kappa shape index (κ1) is 20.3. The summed E-state index contributed by atoms with van der Waals surface area (Å²) in [5.41, 5.74) is 10.9. The van der Waals surface area contributed by atoms with Crippen LogP contribution in [0.15, 0.2) is 36.9 Å². The fourth-order valence-electron chi connectivity index (χ4n) is 4.71. The van der Waals surface area contributed by atoms with Crippen LogP contribution < -0.4 is 16.4 Å². The number of primary amides is 1. The molecule has 0 aromatic carbocycles. The van der Waals surface area contributed by atoms with E-state index in [2.05, 4.69) is 47.6 Å². The lowest BCUT2D eigenvalue weighted by Crippen LogP contribution is -2.53. The maximum Gasteiger partial charge on any atom is 0.252 e. The predicted molar refractivity (Wildman–Crippen MR) is 120 cm³/mol. The number of nitrogens with one attached hydrogen (secondary N) is 2. The van der Waals surface area contributed by atoms with Crippen molar-refractivity contribution >= 4 is 17.1 Å². The summed E-state index contributed by atoms with van der Waals surface area (Å²) in [5, 5.41) is 11.6. The molecule has 0 radical (unpaired) electrons. The first-order chi connectivity index (χ1) is 14.2. The van der Waals surface area contributed by atoms with Gasteiger partial charge in [0.05, 0.1) is 23.0 Å². The van der Waals surface area contributed by atoms with Crippen LogP contribution in [0.5, 0.6) is 0 Å². The smallest absolute Gasteiger partial charge is 0.252 e. The van der Waals surface area contributed by atoms with Crippen molar-refractivity contribution in [1.82, 2.24) is 19.9 Å². The molecule has 3 aromatic rings. The molecule has 0 spiro atoms. The molecule has 1 aliphatic carbocycles. The molecule has 158 valence electrons. The van der Waals surface area contributed by atoms with Gasteiger partial charge in [0, 0.05) is 41.1 Å². The Bertz CT molecular complexity index is 1120. The normalized spacial score (nSPS) is 23.0. The van der Waals surface area contributed by atoms with Crippen LogP contribution in [-0.4, -0.2) is 39.1 Å². The second kappa shape index (κ2) is 7.09. The molecule has 30 heavy (non-hydrogen) atoms. The van der Waals surface area contributed by atoms with Gasteiger partial charge in [-0.3, -0.25) is 9.78 Å². The summed E-state index contributed by atoms with van der Waals surface area (Å²) in [7, 11) is 2.01. The molecule has 0 bridgehead atoms. The summed E-state index contributed by atoms with van der Waals surface area (Å²) in [6.45, 7) is 8.82. The molecule has 7 heteroatoms. The standard InChI is InChI=1S/C23H30N6O/c1-14-11-26-9-7-16(14)15-10-18-20(17(21(24)30)12-27-29(18)13-15)28-19-6-8-23(4,25-5)22(19,2)3/h7,9-13,19,25,28H,6,8H2,1-5H3,(H2,24,30)/t19-,23?/m1/s1. The number of fused-ring (bicyclic) bond motifs is 1. The number of pyridine rings is 1. The number of anilines is 1. The lowest BCUT2D eigenvalue weighted by atomic mass is 9.74. The summed E-state index contributed by atoms with van der Waals surface area (Å²) in [6.07, 6.45) is 9.20. The number of rotatable bonds is 5. The molecule has 1 aliphatic rings. The van der Waals surface area contributed by atoms with E-state index in [1.165, 1.54) is 0 Å². The number of nitrogens with two attached hydrogens (primary N) is 1. The zero-order valence-corrected chi connectivity index (χ0v) is 18.3. The number of carbonyl (C=O) groups excluding carboxylic acids is 1. The summed E-state index contributed by atoms with van der Waals surface area (Å²) < 4.78 is 1.81. The first-order valence-corrected chi connectivity index (χ1v) is 10.4. The Hall–Kier alpha value is -2.93. The molecule has 1 unspecified atom stereocenters. The third kappa shape index (κ3) is 3.04. The van der Waals surface area contributed by atoms with Crippen LogP contribution in [-0.2, 0) is 0 Å². The highest BCUT2D eigenvalue weighted by Gasteiger charge is 2.51. The van der Waals surface area contributed by atoms with E-state index >= 15 is 0 Å². The van der Waals surface area contributed by atoms with E-state index < -0.39 is 5.91 Å². The summed E-state index contributed by atoms with van der Waals surface area (Å²) >= 11 is 0. The van der Waals surface area contributed by atoms with Crippen LogP contribution in [0.25, 0.3) is 16.6 Å². The molecular weight excluding hydrogens is 376 g/mol. The van der Waals surface area contributed by atoms with Crippen molar-refractivity contribution < 1.29 is 4.79 Å². The van der Waals surface area contributed by atoms with Crippen LogP contribution in [0.1, 0.15) is 49.5 Å². The van der Waals surface area contributed by atoms with Crippen LogP contribution >= 0.6 is 0 Å². The van der Waals surface area contributed by atoms with Crippen molar-refractivity contribution in [2.24, 2.45) is 11.1 Å². The molecule has 0 saturated heterocycles. The topological polar surface area (TPSA) is 97.3 Å². The lowest BCUT2D eigenvalue weighted by molar-refractivity contribution is 0.100. The summed E-state index contributed by atoms with van der Waals surface area (Å²) in [5.74, 6) is -0.484. The van der Waals surface area contributed by atoms with E-state index in [0.717, 1.165) is 40.7 Å². The molecule has 4 N–H and O–H groups in total. The molecule has 7 nitrogen and oxygen atoms in total. The SMILES string of the molecule is CNC1(C)CC[C@@H](Nc2c(C(N)=O)cnn3cc(-c4ccncc4C)cc23)C1(C)C. The molecule has 2 atom stereocenters. The molecule has 1 saturated carbocycles. The van der Waals surface area contributed by atoms with E-state index in [0.29, 0.717) is 5.56 Å². The molecule has 3 aromatic heterocycles. The molecule has 3 heterocycles. The Morgan fingerprint density at radius 1 is 1.30 bits per heavy atom. The van der Waals surface area contributed by atoms with E-state index in [-0.39, 0.29) is 17.0 Å². The van der Waals surface area contributed by atoms with Gasteiger partial charge in [-0.05, 0) is 57.0 Å². The Balaban J connectivity index is 1.83. The van der Waals surface area contributed by atoms with Gasteiger partial charge in [0.2, 0.25) is 0 Å². The van der Waals surface area contributed by atoms with E-state index in [1.807, 2.05) is 36.9 Å². The zero-order valence-electron chi connectivity index (χ0n) is 18.3. The van der Waals surface area contributed by atoms with Crippen LogP contribution in [0, 0.1) is 12.3 Å². The number of carbonyl (C=O) groups is 1. The van der Waals surface area contributed by atoms with Gasteiger partial charge in [0.25, 0.3) is 5.91 Å². The third-order valence-electron chi connectivity index (χ3n) is 7.33. The Labute approximate surface area is 177 Å². The first-order valence-electron chi connectivity index (χ1n) is 10.4. The number of hydrogen-bond donors (Lipinski definition) is 3. The quantitative estimate of drug-likeness (QED) is 0.603. The van der Waals surface area contributed by atoms with Gasteiger partial charge < -0.3 is 16.4 Å². The average Bonchev–Trinajstić information content (AvgIpc) is 3.23. The van der Waals surface area contributed by atoms with Crippen LogP contribution in [0.4, 0.5) is 5.69 Å². The number of amides is 1. The molecule has 4 rings (SSSR count). The van der Waals surface area contributed by atoms with Crippen molar-refractivity contribution in [3.05, 3.63) is 48.0 Å². The van der Waals surface area contributed by atoms with Gasteiger partial charge >= 0.3 is 0 Å². The van der Waals surface area contributed by atoms with Gasteiger partial charge in [-0.1, -0.05) is 13.8 Å². The summed E-state index contributed by atoms with van der Waals surface area (Å²) in [4.78, 5) is 16.4. The maximum absolute atomic E-state index is 12.2. The fraction of sp³-hybridized carbons (Fsp3) is 0.435. The lowest BCUT2D eigenvalue weighted by Gasteiger charge is -2.42. The highest BCUT2D eigenvalue weighted by molar-refractivity contribution is 6.02. The number of aryl methyl sites for hydroxylation is 1. The minimum Gasteiger partial charge on any atom is -0.379 e. The van der Waals surface area contributed by atoms with Gasteiger partial charge in [-0.15, -0.1) is 0 Å². The third-order valence-corrected chi connectivity index (χ3v) is 7.33. The van der Waals surface area contributed by atoms with Gasteiger partial charge in [-0.2, -0.15) is 5.10 Å². The van der Waals surface area contributed by atoms with E-state index in [4.69, 9.17) is 5.73 Å². The van der Waals surface area contributed by atoms with E-state index in [9.17, 15) is 4.79 Å². The highest BCUT2D eigenvalue weighted by Crippen LogP contribution is 2.47. The monoisotopic (exact) mass is 406 g/mol. The maximum atomic E-state index is 12.2. The molecular formula is C23H30N6O. The van der Waals surface area contributed by atoms with E-state index in [1.54, 1.807) is 12.4 Å². The number of aromatic nitrogens is 3. The van der Waals surface area contributed by atoms with Crippen LogP contribution in [0.3, 0.4) is 0 Å². The van der Waals surface area contributed by atoms with Gasteiger partial charge in [0.1, 0.15) is 0 Å². The minimum absolute atomic E-state index is 0.00216. The van der Waals surface area contributed by atoms with Crippen molar-refractivity contribution in [3.63, 3.8) is 0 Å². The summed E-state index contributed by atoms with van der Waals surface area (Å²) in [6, 6.07) is 4.23. The predicted octanol–water partition coefficient (Wildman–Crippen LogP) is 3.38. The van der Waals surface area contributed by atoms with Gasteiger partial charge in [0.15, 0.2) is 0 Å². The fourth-order valence-corrected chi connectivity index (χ4v) is 4.71. The Morgan fingerprint density at radius 3 is 2.70 bits per heavy atom. The minimum atomic E-state index is -0.484. The second-order valence-electron chi connectivity index (χ2n) is 9.09. The Kier molecular flexibility index (Phi) is 4.81.